The van der Waals surface area contributed by atoms with Gasteiger partial charge < -0.3 is 10.6 Å². The third kappa shape index (κ3) is 3.76. The Morgan fingerprint density at radius 3 is 2.25 bits per heavy atom. The number of anilines is 1. The molecule has 1 aromatic carbocycles. The van der Waals surface area contributed by atoms with Gasteiger partial charge in [0.15, 0.2) is 0 Å². The van der Waals surface area contributed by atoms with Crippen LogP contribution < -0.4 is 10.6 Å². The first-order valence-corrected chi connectivity index (χ1v) is 8.24. The average Bonchev–Trinajstić information content (AvgIpc) is 2.98. The van der Waals surface area contributed by atoms with E-state index in [4.69, 9.17) is 5.73 Å². The van der Waals surface area contributed by atoms with E-state index in [2.05, 4.69) is 49.9 Å². The lowest BCUT2D eigenvalue weighted by molar-refractivity contribution is 0.536. The SMILES string of the molecule is CCC(N)c1ccc(N(CC(C)C)C2CCCC2)cc1. The van der Waals surface area contributed by atoms with E-state index in [1.54, 1.807) is 0 Å². The lowest BCUT2D eigenvalue weighted by Gasteiger charge is -2.33. The van der Waals surface area contributed by atoms with Crippen LogP contribution in [0.2, 0.25) is 0 Å². The van der Waals surface area contributed by atoms with Gasteiger partial charge in [-0.15, -0.1) is 0 Å². The number of rotatable bonds is 6. The molecule has 2 nitrogen and oxygen atoms in total. The Hall–Kier alpha value is -1.02. The van der Waals surface area contributed by atoms with E-state index >= 15 is 0 Å². The fourth-order valence-corrected chi connectivity index (χ4v) is 3.22. The van der Waals surface area contributed by atoms with Crippen molar-refractivity contribution in [1.82, 2.24) is 0 Å². The van der Waals surface area contributed by atoms with Crippen LogP contribution in [0.25, 0.3) is 0 Å². The minimum absolute atomic E-state index is 0.175. The molecule has 1 atom stereocenters. The Bertz CT molecular complexity index is 390. The zero-order valence-corrected chi connectivity index (χ0v) is 13.3. The van der Waals surface area contributed by atoms with Gasteiger partial charge in [0.25, 0.3) is 0 Å². The second kappa shape index (κ2) is 7.12. The quantitative estimate of drug-likeness (QED) is 0.827. The summed E-state index contributed by atoms with van der Waals surface area (Å²) in [5.41, 5.74) is 8.74. The van der Waals surface area contributed by atoms with Crippen molar-refractivity contribution in [2.75, 3.05) is 11.4 Å². The van der Waals surface area contributed by atoms with Gasteiger partial charge in [0, 0.05) is 24.3 Å². The molecule has 0 aromatic heterocycles. The van der Waals surface area contributed by atoms with Crippen LogP contribution >= 0.6 is 0 Å². The smallest absolute Gasteiger partial charge is 0.0369 e. The van der Waals surface area contributed by atoms with Gasteiger partial charge >= 0.3 is 0 Å². The van der Waals surface area contributed by atoms with Crippen LogP contribution in [-0.2, 0) is 0 Å². The van der Waals surface area contributed by atoms with Crippen LogP contribution in [0.15, 0.2) is 24.3 Å². The molecule has 1 saturated carbocycles. The van der Waals surface area contributed by atoms with Crippen molar-refractivity contribution in [1.29, 1.82) is 0 Å². The molecular weight excluding hydrogens is 244 g/mol. The summed E-state index contributed by atoms with van der Waals surface area (Å²) in [6, 6.07) is 9.88. The number of nitrogens with zero attached hydrogens (tertiary/aromatic N) is 1. The molecule has 0 bridgehead atoms. The molecular formula is C18H30N2. The minimum Gasteiger partial charge on any atom is -0.368 e. The molecule has 0 spiro atoms. The van der Waals surface area contributed by atoms with Crippen molar-refractivity contribution in [3.8, 4) is 0 Å². The average molecular weight is 274 g/mol. The van der Waals surface area contributed by atoms with Crippen LogP contribution in [0.4, 0.5) is 5.69 Å². The van der Waals surface area contributed by atoms with Crippen LogP contribution in [0.3, 0.4) is 0 Å². The summed E-state index contributed by atoms with van der Waals surface area (Å²) in [5, 5.41) is 0. The van der Waals surface area contributed by atoms with Crippen molar-refractivity contribution in [3.63, 3.8) is 0 Å². The predicted molar refractivity (Wildman–Crippen MR) is 88.1 cm³/mol. The molecule has 0 amide bonds. The molecule has 20 heavy (non-hydrogen) atoms. The molecule has 1 unspecified atom stereocenters. The molecule has 112 valence electrons. The first kappa shape index (κ1) is 15.4. The summed E-state index contributed by atoms with van der Waals surface area (Å²) in [6.07, 6.45) is 6.47. The van der Waals surface area contributed by atoms with Crippen molar-refractivity contribution >= 4 is 5.69 Å². The van der Waals surface area contributed by atoms with Gasteiger partial charge in [-0.1, -0.05) is 45.7 Å². The normalized spacial score (nSPS) is 17.6. The van der Waals surface area contributed by atoms with E-state index in [9.17, 15) is 0 Å². The maximum absolute atomic E-state index is 6.11. The summed E-state index contributed by atoms with van der Waals surface area (Å²) in [5.74, 6) is 0.702. The van der Waals surface area contributed by atoms with E-state index in [0.29, 0.717) is 5.92 Å². The first-order valence-electron chi connectivity index (χ1n) is 8.24. The number of benzene rings is 1. The van der Waals surface area contributed by atoms with E-state index < -0.39 is 0 Å². The first-order chi connectivity index (χ1) is 9.61. The van der Waals surface area contributed by atoms with Gasteiger partial charge in [-0.05, 0) is 42.9 Å². The molecule has 1 aliphatic carbocycles. The Morgan fingerprint density at radius 2 is 1.75 bits per heavy atom. The minimum atomic E-state index is 0.175. The summed E-state index contributed by atoms with van der Waals surface area (Å²) in [4.78, 5) is 2.62. The van der Waals surface area contributed by atoms with Crippen molar-refractivity contribution in [2.45, 2.75) is 65.0 Å². The number of nitrogens with two attached hydrogens (primary N) is 1. The zero-order chi connectivity index (χ0) is 14.5. The molecule has 1 fully saturated rings. The molecule has 0 saturated heterocycles. The lowest BCUT2D eigenvalue weighted by atomic mass is 10.0. The van der Waals surface area contributed by atoms with Crippen molar-refractivity contribution < 1.29 is 0 Å². The molecule has 0 heterocycles. The summed E-state index contributed by atoms with van der Waals surface area (Å²) in [6.45, 7) is 7.92. The fraction of sp³-hybridized carbons (Fsp3) is 0.667. The third-order valence-electron chi connectivity index (χ3n) is 4.42. The summed E-state index contributed by atoms with van der Waals surface area (Å²) in [7, 11) is 0. The highest BCUT2D eigenvalue weighted by atomic mass is 15.2. The number of hydrogen-bond acceptors (Lipinski definition) is 2. The molecule has 2 rings (SSSR count). The second-order valence-corrected chi connectivity index (χ2v) is 6.59. The summed E-state index contributed by atoms with van der Waals surface area (Å²) < 4.78 is 0. The van der Waals surface area contributed by atoms with Gasteiger partial charge in [-0.25, -0.2) is 0 Å². The monoisotopic (exact) mass is 274 g/mol. The lowest BCUT2D eigenvalue weighted by Crippen LogP contribution is -2.36. The molecule has 0 aliphatic heterocycles. The van der Waals surface area contributed by atoms with E-state index in [1.165, 1.54) is 36.9 Å². The van der Waals surface area contributed by atoms with Crippen molar-refractivity contribution in [3.05, 3.63) is 29.8 Å². The largest absolute Gasteiger partial charge is 0.368 e. The van der Waals surface area contributed by atoms with Crippen LogP contribution in [-0.4, -0.2) is 12.6 Å². The maximum atomic E-state index is 6.11. The van der Waals surface area contributed by atoms with Gasteiger partial charge in [0.2, 0.25) is 0 Å². The molecule has 1 aliphatic rings. The molecule has 1 aromatic rings. The Kier molecular flexibility index (Phi) is 5.47. The zero-order valence-electron chi connectivity index (χ0n) is 13.3. The van der Waals surface area contributed by atoms with Crippen LogP contribution in [0.1, 0.15) is 64.5 Å². The Morgan fingerprint density at radius 1 is 1.15 bits per heavy atom. The van der Waals surface area contributed by atoms with E-state index in [0.717, 1.165) is 19.0 Å². The summed E-state index contributed by atoms with van der Waals surface area (Å²) >= 11 is 0. The van der Waals surface area contributed by atoms with Crippen LogP contribution in [0.5, 0.6) is 0 Å². The maximum Gasteiger partial charge on any atom is 0.0369 e. The number of hydrogen-bond donors (Lipinski definition) is 1. The van der Waals surface area contributed by atoms with E-state index in [-0.39, 0.29) is 6.04 Å². The van der Waals surface area contributed by atoms with Gasteiger partial charge in [-0.2, -0.15) is 0 Å². The molecule has 0 radical (unpaired) electrons. The topological polar surface area (TPSA) is 29.3 Å². The fourth-order valence-electron chi connectivity index (χ4n) is 3.22. The predicted octanol–water partition coefficient (Wildman–Crippen LogP) is 4.50. The van der Waals surface area contributed by atoms with Gasteiger partial charge in [0.1, 0.15) is 0 Å². The highest BCUT2D eigenvalue weighted by Gasteiger charge is 2.23. The van der Waals surface area contributed by atoms with Crippen molar-refractivity contribution in [2.24, 2.45) is 11.7 Å². The molecule has 2 N–H and O–H groups in total. The second-order valence-electron chi connectivity index (χ2n) is 6.59. The highest BCUT2D eigenvalue weighted by Crippen LogP contribution is 2.30. The van der Waals surface area contributed by atoms with Gasteiger partial charge in [-0.3, -0.25) is 0 Å². The Labute approximate surface area is 124 Å². The Balaban J connectivity index is 2.15. The molecule has 2 heteroatoms. The standard InChI is InChI=1S/C18H30N2/c1-4-18(19)15-9-11-17(12-10-15)20(13-14(2)3)16-7-5-6-8-16/h9-12,14,16,18H,4-8,13,19H2,1-3H3. The highest BCUT2D eigenvalue weighted by molar-refractivity contribution is 5.49. The van der Waals surface area contributed by atoms with E-state index in [1.807, 2.05) is 0 Å². The third-order valence-corrected chi connectivity index (χ3v) is 4.42. The van der Waals surface area contributed by atoms with Gasteiger partial charge in [0.05, 0.1) is 0 Å². The van der Waals surface area contributed by atoms with Crippen LogP contribution in [0, 0.1) is 5.92 Å².